The molecule has 0 aliphatic carbocycles. The summed E-state index contributed by atoms with van der Waals surface area (Å²) >= 11 is 0. The highest BCUT2D eigenvalue weighted by Crippen LogP contribution is 2.17. The number of benzene rings is 1. The van der Waals surface area contributed by atoms with E-state index < -0.39 is 10.8 Å². The van der Waals surface area contributed by atoms with E-state index >= 15 is 0 Å². The molecular weight excluding hydrogens is 158 g/mol. The van der Waals surface area contributed by atoms with Crippen molar-refractivity contribution in [1.82, 2.24) is 0 Å². The van der Waals surface area contributed by atoms with Crippen molar-refractivity contribution in [3.05, 3.63) is 23.8 Å². The Morgan fingerprint density at radius 2 is 2.09 bits per heavy atom. The quantitative estimate of drug-likeness (QED) is 0.644. The Hall–Kier alpha value is -0.830. The summed E-state index contributed by atoms with van der Waals surface area (Å²) in [5.74, 6) is 0. The van der Waals surface area contributed by atoms with Gasteiger partial charge >= 0.3 is 0 Å². The van der Waals surface area contributed by atoms with Crippen LogP contribution in [0.15, 0.2) is 23.1 Å². The molecule has 0 amide bonds. The van der Waals surface area contributed by atoms with Crippen molar-refractivity contribution in [3.63, 3.8) is 0 Å². The van der Waals surface area contributed by atoms with Crippen molar-refractivity contribution < 1.29 is 4.21 Å². The van der Waals surface area contributed by atoms with E-state index in [9.17, 15) is 4.21 Å². The molecule has 1 atom stereocenters. The van der Waals surface area contributed by atoms with Crippen molar-refractivity contribution in [1.29, 1.82) is 0 Å². The fourth-order valence-electron chi connectivity index (χ4n) is 0.943. The Balaban J connectivity index is 3.27. The van der Waals surface area contributed by atoms with Crippen LogP contribution in [-0.4, -0.2) is 10.5 Å². The van der Waals surface area contributed by atoms with Crippen molar-refractivity contribution in [2.75, 3.05) is 12.0 Å². The lowest BCUT2D eigenvalue weighted by Gasteiger charge is -2.03. The number of rotatable bonds is 1. The largest absolute Gasteiger partial charge is 0.398 e. The lowest BCUT2D eigenvalue weighted by molar-refractivity contribution is 0.686. The minimum atomic E-state index is -0.931. The second kappa shape index (κ2) is 3.05. The minimum absolute atomic E-state index is 0.706. The van der Waals surface area contributed by atoms with Crippen molar-refractivity contribution in [2.45, 2.75) is 11.8 Å². The Bertz CT molecular complexity index is 296. The van der Waals surface area contributed by atoms with Gasteiger partial charge in [0.05, 0.1) is 10.8 Å². The van der Waals surface area contributed by atoms with Crippen molar-refractivity contribution in [3.8, 4) is 0 Å². The third-order valence-corrected chi connectivity index (χ3v) is 2.70. The molecule has 1 aromatic carbocycles. The Kier molecular flexibility index (Phi) is 2.29. The highest BCUT2D eigenvalue weighted by molar-refractivity contribution is 7.84. The first kappa shape index (κ1) is 8.27. The van der Waals surface area contributed by atoms with E-state index in [1.54, 1.807) is 6.26 Å². The van der Waals surface area contributed by atoms with Gasteiger partial charge in [-0.25, -0.2) is 0 Å². The molecule has 1 aromatic rings. The summed E-state index contributed by atoms with van der Waals surface area (Å²) in [6.07, 6.45) is 1.65. The van der Waals surface area contributed by atoms with Crippen LogP contribution in [0.3, 0.4) is 0 Å². The number of hydrogen-bond acceptors (Lipinski definition) is 2. The zero-order valence-electron chi connectivity index (χ0n) is 6.63. The smallest absolute Gasteiger partial charge is 0.0501 e. The molecule has 0 fully saturated rings. The molecule has 0 saturated heterocycles. The van der Waals surface area contributed by atoms with Crippen LogP contribution in [0.4, 0.5) is 5.69 Å². The van der Waals surface area contributed by atoms with Gasteiger partial charge in [0.15, 0.2) is 0 Å². The van der Waals surface area contributed by atoms with E-state index in [1.165, 1.54) is 0 Å². The van der Waals surface area contributed by atoms with E-state index in [-0.39, 0.29) is 0 Å². The van der Waals surface area contributed by atoms with Crippen LogP contribution in [0.5, 0.6) is 0 Å². The molecule has 11 heavy (non-hydrogen) atoms. The van der Waals surface area contributed by atoms with Crippen LogP contribution < -0.4 is 5.73 Å². The van der Waals surface area contributed by atoms with Crippen molar-refractivity contribution in [2.24, 2.45) is 0 Å². The highest BCUT2D eigenvalue weighted by atomic mass is 32.2. The van der Waals surface area contributed by atoms with Gasteiger partial charge in [0.2, 0.25) is 0 Å². The summed E-state index contributed by atoms with van der Waals surface area (Å²) in [5.41, 5.74) is 7.25. The lowest BCUT2D eigenvalue weighted by Crippen LogP contribution is -1.96. The number of anilines is 1. The normalized spacial score (nSPS) is 12.9. The zero-order chi connectivity index (χ0) is 8.43. The zero-order valence-corrected chi connectivity index (χ0v) is 7.44. The van der Waals surface area contributed by atoms with Gasteiger partial charge in [-0.2, -0.15) is 0 Å². The van der Waals surface area contributed by atoms with Crippen LogP contribution in [0.2, 0.25) is 0 Å². The molecule has 0 saturated carbocycles. The van der Waals surface area contributed by atoms with E-state index in [4.69, 9.17) is 5.73 Å². The molecule has 2 N–H and O–H groups in total. The highest BCUT2D eigenvalue weighted by Gasteiger charge is 2.02. The SMILES string of the molecule is Cc1c(N)cccc1S(C)=O. The molecule has 0 spiro atoms. The number of nitrogens with two attached hydrogens (primary N) is 1. The standard InChI is InChI=1S/C8H11NOS/c1-6-7(9)4-3-5-8(6)11(2)10/h3-5H,9H2,1-2H3. The predicted molar refractivity (Wildman–Crippen MR) is 47.9 cm³/mol. The Morgan fingerprint density at radius 1 is 1.45 bits per heavy atom. The van der Waals surface area contributed by atoms with Crippen LogP contribution in [0.25, 0.3) is 0 Å². The molecule has 0 radical (unpaired) electrons. The van der Waals surface area contributed by atoms with Gasteiger partial charge in [0.25, 0.3) is 0 Å². The third kappa shape index (κ3) is 1.60. The third-order valence-electron chi connectivity index (χ3n) is 1.64. The van der Waals surface area contributed by atoms with E-state index in [0.29, 0.717) is 5.69 Å². The maximum atomic E-state index is 11.1. The second-order valence-corrected chi connectivity index (χ2v) is 3.77. The monoisotopic (exact) mass is 169 g/mol. The minimum Gasteiger partial charge on any atom is -0.398 e. The Labute approximate surface area is 68.9 Å². The summed E-state index contributed by atoms with van der Waals surface area (Å²) in [6.45, 7) is 1.88. The molecule has 3 heteroatoms. The molecule has 1 rings (SSSR count). The molecule has 2 nitrogen and oxygen atoms in total. The van der Waals surface area contributed by atoms with Gasteiger partial charge in [-0.05, 0) is 24.6 Å². The van der Waals surface area contributed by atoms with Gasteiger partial charge < -0.3 is 5.73 Å². The van der Waals surface area contributed by atoms with Gasteiger partial charge in [-0.15, -0.1) is 0 Å². The number of hydrogen-bond donors (Lipinski definition) is 1. The van der Waals surface area contributed by atoms with Crippen LogP contribution in [0, 0.1) is 6.92 Å². The summed E-state index contributed by atoms with van der Waals surface area (Å²) in [5, 5.41) is 0. The lowest BCUT2D eigenvalue weighted by atomic mass is 10.2. The summed E-state index contributed by atoms with van der Waals surface area (Å²) < 4.78 is 11.1. The average molecular weight is 169 g/mol. The Morgan fingerprint density at radius 3 is 2.55 bits per heavy atom. The first-order valence-electron chi connectivity index (χ1n) is 3.31. The first-order chi connectivity index (χ1) is 5.13. The van der Waals surface area contributed by atoms with Gasteiger partial charge in [-0.1, -0.05) is 6.07 Å². The molecule has 0 aliphatic heterocycles. The maximum absolute atomic E-state index is 11.1. The van der Waals surface area contributed by atoms with E-state index in [0.717, 1.165) is 10.5 Å². The summed E-state index contributed by atoms with van der Waals surface area (Å²) in [6, 6.07) is 5.46. The first-order valence-corrected chi connectivity index (χ1v) is 4.87. The van der Waals surface area contributed by atoms with Crippen LogP contribution in [0.1, 0.15) is 5.56 Å². The van der Waals surface area contributed by atoms with Gasteiger partial charge in [0.1, 0.15) is 0 Å². The fourth-order valence-corrected chi connectivity index (χ4v) is 1.76. The van der Waals surface area contributed by atoms with Crippen LogP contribution in [-0.2, 0) is 10.8 Å². The second-order valence-electron chi connectivity index (χ2n) is 2.42. The topological polar surface area (TPSA) is 43.1 Å². The number of nitrogen functional groups attached to an aromatic ring is 1. The maximum Gasteiger partial charge on any atom is 0.0501 e. The molecule has 0 aliphatic rings. The van der Waals surface area contributed by atoms with Gasteiger partial charge in [0, 0.05) is 16.8 Å². The predicted octanol–water partition coefficient (Wildman–Crippen LogP) is 1.31. The average Bonchev–Trinajstić information content (AvgIpc) is 1.94. The van der Waals surface area contributed by atoms with E-state index in [2.05, 4.69) is 0 Å². The molecule has 0 bridgehead atoms. The summed E-state index contributed by atoms with van der Waals surface area (Å²) in [7, 11) is -0.931. The molecular formula is C8H11NOS. The van der Waals surface area contributed by atoms with E-state index in [1.807, 2.05) is 25.1 Å². The summed E-state index contributed by atoms with van der Waals surface area (Å²) in [4.78, 5) is 0.824. The van der Waals surface area contributed by atoms with Crippen LogP contribution >= 0.6 is 0 Å². The van der Waals surface area contributed by atoms with Crippen molar-refractivity contribution >= 4 is 16.5 Å². The molecule has 1 unspecified atom stereocenters. The molecule has 60 valence electrons. The molecule has 0 heterocycles. The van der Waals surface area contributed by atoms with Gasteiger partial charge in [-0.3, -0.25) is 4.21 Å². The molecule has 0 aromatic heterocycles. The fraction of sp³-hybridized carbons (Fsp3) is 0.250.